The average Bonchev–Trinajstić information content (AvgIpc) is 3.22. The molecule has 3 aromatic rings. The van der Waals surface area contributed by atoms with E-state index in [-0.39, 0.29) is 17.9 Å². The predicted octanol–water partition coefficient (Wildman–Crippen LogP) is 2.22. The Bertz CT molecular complexity index is 1090. The van der Waals surface area contributed by atoms with Crippen LogP contribution in [0.1, 0.15) is 18.0 Å². The van der Waals surface area contributed by atoms with Gasteiger partial charge in [0.2, 0.25) is 0 Å². The molecule has 29 heavy (non-hydrogen) atoms. The van der Waals surface area contributed by atoms with E-state index in [9.17, 15) is 24.6 Å². The fourth-order valence-electron chi connectivity index (χ4n) is 2.88. The van der Waals surface area contributed by atoms with Gasteiger partial charge in [0.15, 0.2) is 5.69 Å². The van der Waals surface area contributed by atoms with Gasteiger partial charge in [-0.3, -0.25) is 9.59 Å². The number of carboxylic acid groups (broad SMARTS) is 1. The van der Waals surface area contributed by atoms with E-state index >= 15 is 0 Å². The summed E-state index contributed by atoms with van der Waals surface area (Å²) in [5.74, 6) is -1.48. The van der Waals surface area contributed by atoms with Crippen molar-refractivity contribution in [3.63, 3.8) is 0 Å². The van der Waals surface area contributed by atoms with E-state index in [1.165, 1.54) is 23.9 Å². The summed E-state index contributed by atoms with van der Waals surface area (Å²) in [6, 6.07) is 10.4. The zero-order chi connectivity index (χ0) is 21.0. The highest BCUT2D eigenvalue weighted by atomic mass is 16.4. The number of anilines is 1. The highest BCUT2D eigenvalue weighted by Gasteiger charge is 2.20. The van der Waals surface area contributed by atoms with Crippen molar-refractivity contribution >= 4 is 17.7 Å². The van der Waals surface area contributed by atoms with Crippen LogP contribution in [-0.4, -0.2) is 31.3 Å². The Balaban J connectivity index is 1.84. The highest BCUT2D eigenvalue weighted by molar-refractivity contribution is 5.91. The Morgan fingerprint density at radius 1 is 1.10 bits per heavy atom. The summed E-state index contributed by atoms with van der Waals surface area (Å²) < 4.78 is 3.05. The summed E-state index contributed by atoms with van der Waals surface area (Å²) in [7, 11) is 1.48. The number of carbonyl (C=O) groups is 2. The second-order valence-corrected chi connectivity index (χ2v) is 6.43. The number of aryl methyl sites for hydroxylation is 1. The smallest absolute Gasteiger partial charge is 0.319 e. The molecule has 0 saturated carbocycles. The minimum absolute atomic E-state index is 0.289. The first-order chi connectivity index (χ1) is 13.8. The lowest BCUT2D eigenvalue weighted by molar-refractivity contribution is -0.137. The first-order valence-electron chi connectivity index (χ1n) is 8.76. The number of carbonyl (C=O) groups excluding carboxylic acids is 1. The summed E-state index contributed by atoms with van der Waals surface area (Å²) in [5, 5.41) is 24.0. The van der Waals surface area contributed by atoms with Crippen molar-refractivity contribution in [1.29, 1.82) is 0 Å². The minimum atomic E-state index is -1.10. The van der Waals surface area contributed by atoms with Gasteiger partial charge in [0.05, 0.1) is 12.5 Å². The summed E-state index contributed by atoms with van der Waals surface area (Å²) in [5.41, 5.74) is 0.505. The molecule has 2 amide bonds. The van der Waals surface area contributed by atoms with E-state index in [2.05, 4.69) is 10.6 Å². The molecule has 150 valence electrons. The minimum Gasteiger partial charge on any atom is -0.505 e. The molecule has 0 bridgehead atoms. The Hall–Kier alpha value is -4.01. The second-order valence-electron chi connectivity index (χ2n) is 6.43. The lowest BCUT2D eigenvalue weighted by atomic mass is 10.0. The molecular weight excluding hydrogens is 376 g/mol. The number of aromatic nitrogens is 2. The number of rotatable bonds is 6. The lowest BCUT2D eigenvalue weighted by Gasteiger charge is -2.19. The number of aliphatic carboxylic acids is 1. The van der Waals surface area contributed by atoms with Crippen molar-refractivity contribution in [1.82, 2.24) is 14.5 Å². The number of benzene rings is 1. The molecule has 9 heteroatoms. The Labute approximate surface area is 165 Å². The molecule has 0 radical (unpaired) electrons. The SMILES string of the molecule is Cn1ccc(O)c(NC(=O)NC(CC(=O)O)c2cccc(-n3cccc3)c2)c1=O. The van der Waals surface area contributed by atoms with Crippen molar-refractivity contribution in [2.45, 2.75) is 12.5 Å². The van der Waals surface area contributed by atoms with Gasteiger partial charge in [-0.15, -0.1) is 0 Å². The van der Waals surface area contributed by atoms with Gasteiger partial charge in [0.25, 0.3) is 5.56 Å². The van der Waals surface area contributed by atoms with E-state index in [0.29, 0.717) is 5.56 Å². The van der Waals surface area contributed by atoms with Crippen molar-refractivity contribution in [3.8, 4) is 11.4 Å². The third-order valence-electron chi connectivity index (χ3n) is 4.34. The van der Waals surface area contributed by atoms with E-state index < -0.39 is 23.6 Å². The molecular formula is C20H20N4O5. The number of nitrogens with zero attached hydrogens (tertiary/aromatic N) is 2. The van der Waals surface area contributed by atoms with Crippen LogP contribution in [0.5, 0.6) is 5.75 Å². The zero-order valence-corrected chi connectivity index (χ0v) is 15.6. The molecule has 0 saturated heterocycles. The van der Waals surface area contributed by atoms with Gasteiger partial charge in [0, 0.05) is 31.3 Å². The summed E-state index contributed by atoms with van der Waals surface area (Å²) in [6.07, 6.45) is 4.70. The van der Waals surface area contributed by atoms with Crippen LogP contribution in [0.25, 0.3) is 5.69 Å². The fourth-order valence-corrected chi connectivity index (χ4v) is 2.88. The molecule has 3 rings (SSSR count). The maximum Gasteiger partial charge on any atom is 0.319 e. The van der Waals surface area contributed by atoms with Gasteiger partial charge in [-0.25, -0.2) is 4.79 Å². The standard InChI is InChI=1S/C20H20N4O5/c1-23-10-7-16(25)18(19(23)28)22-20(29)21-15(12-17(26)27)13-5-4-6-14(11-13)24-8-2-3-9-24/h2-11,15,25H,12H2,1H3,(H,26,27)(H2,21,22,29). The largest absolute Gasteiger partial charge is 0.505 e. The number of pyridine rings is 1. The Morgan fingerprint density at radius 2 is 1.83 bits per heavy atom. The monoisotopic (exact) mass is 396 g/mol. The molecule has 1 atom stereocenters. The van der Waals surface area contributed by atoms with Crippen LogP contribution in [0.4, 0.5) is 10.5 Å². The quantitative estimate of drug-likeness (QED) is 0.508. The molecule has 9 nitrogen and oxygen atoms in total. The molecule has 0 aliphatic rings. The highest BCUT2D eigenvalue weighted by Crippen LogP contribution is 2.22. The van der Waals surface area contributed by atoms with Crippen LogP contribution >= 0.6 is 0 Å². The number of carboxylic acids is 1. The number of hydrogen-bond donors (Lipinski definition) is 4. The number of nitrogens with one attached hydrogen (secondary N) is 2. The first-order valence-corrected chi connectivity index (χ1v) is 8.76. The Kier molecular flexibility index (Phi) is 5.68. The summed E-state index contributed by atoms with van der Waals surface area (Å²) in [6.45, 7) is 0. The molecule has 0 fully saturated rings. The van der Waals surface area contributed by atoms with Crippen LogP contribution in [0, 0.1) is 0 Å². The van der Waals surface area contributed by atoms with Crippen LogP contribution < -0.4 is 16.2 Å². The third-order valence-corrected chi connectivity index (χ3v) is 4.34. The van der Waals surface area contributed by atoms with E-state index in [1.807, 2.05) is 35.2 Å². The zero-order valence-electron chi connectivity index (χ0n) is 15.6. The normalized spacial score (nSPS) is 11.6. The molecule has 0 aliphatic carbocycles. The molecule has 2 aromatic heterocycles. The van der Waals surface area contributed by atoms with Crippen molar-refractivity contribution in [2.75, 3.05) is 5.32 Å². The second kappa shape index (κ2) is 8.34. The van der Waals surface area contributed by atoms with Crippen molar-refractivity contribution in [2.24, 2.45) is 7.05 Å². The summed E-state index contributed by atoms with van der Waals surface area (Å²) in [4.78, 5) is 35.8. The number of amides is 2. The van der Waals surface area contributed by atoms with Crippen LogP contribution in [0.3, 0.4) is 0 Å². The van der Waals surface area contributed by atoms with Gasteiger partial charge in [-0.2, -0.15) is 0 Å². The molecule has 0 aliphatic heterocycles. The van der Waals surface area contributed by atoms with Crippen LogP contribution in [0.15, 0.2) is 65.8 Å². The van der Waals surface area contributed by atoms with Gasteiger partial charge in [-0.05, 0) is 35.9 Å². The first kappa shape index (κ1) is 19.7. The van der Waals surface area contributed by atoms with Gasteiger partial charge >= 0.3 is 12.0 Å². The summed E-state index contributed by atoms with van der Waals surface area (Å²) >= 11 is 0. The number of aromatic hydroxyl groups is 1. The van der Waals surface area contributed by atoms with Gasteiger partial charge < -0.3 is 30.0 Å². The average molecular weight is 396 g/mol. The predicted molar refractivity (Wildman–Crippen MR) is 106 cm³/mol. The fraction of sp³-hybridized carbons (Fsp3) is 0.150. The molecule has 0 spiro atoms. The van der Waals surface area contributed by atoms with Crippen LogP contribution in [-0.2, 0) is 11.8 Å². The maximum atomic E-state index is 12.4. The number of urea groups is 1. The third kappa shape index (κ3) is 4.64. The Morgan fingerprint density at radius 3 is 2.52 bits per heavy atom. The van der Waals surface area contributed by atoms with Gasteiger partial charge in [0.1, 0.15) is 5.75 Å². The van der Waals surface area contributed by atoms with E-state index in [4.69, 9.17) is 0 Å². The lowest BCUT2D eigenvalue weighted by Crippen LogP contribution is -2.36. The molecule has 4 N–H and O–H groups in total. The molecule has 1 unspecified atom stereocenters. The topological polar surface area (TPSA) is 126 Å². The molecule has 2 heterocycles. The maximum absolute atomic E-state index is 12.4. The van der Waals surface area contributed by atoms with E-state index in [1.54, 1.807) is 18.2 Å². The van der Waals surface area contributed by atoms with Gasteiger partial charge in [-0.1, -0.05) is 12.1 Å². The van der Waals surface area contributed by atoms with Crippen LogP contribution in [0.2, 0.25) is 0 Å². The van der Waals surface area contributed by atoms with E-state index in [0.717, 1.165) is 5.69 Å². The van der Waals surface area contributed by atoms with Crippen molar-refractivity contribution in [3.05, 3.63) is 77.0 Å². The number of hydrogen-bond acceptors (Lipinski definition) is 4. The molecule has 1 aromatic carbocycles. The van der Waals surface area contributed by atoms with Crippen molar-refractivity contribution < 1.29 is 19.8 Å².